The van der Waals surface area contributed by atoms with Gasteiger partial charge in [0.25, 0.3) is 0 Å². The zero-order chi connectivity index (χ0) is 22.7. The van der Waals surface area contributed by atoms with Crippen LogP contribution >= 0.6 is 0 Å². The maximum Gasteiger partial charge on any atom is 0.132 e. The average Bonchev–Trinajstić information content (AvgIpc) is 2.83. The Hall–Kier alpha value is -3.40. The highest BCUT2D eigenvalue weighted by atomic mass is 19.1. The standard InChI is InChI=1S/C26H25FN2O3/c1-32-22-12-6-19(7-13-22)25-23(14-15-24(30)18-4-8-20(27)9-5-18)26(31)29(25)21-10-2-17(16-28)3-11-21/h2-13,23-26,30-31H,14-15H2,1H3. The highest BCUT2D eigenvalue weighted by Gasteiger charge is 2.48. The van der Waals surface area contributed by atoms with Gasteiger partial charge in [0.2, 0.25) is 0 Å². The average molecular weight is 432 g/mol. The van der Waals surface area contributed by atoms with Gasteiger partial charge >= 0.3 is 0 Å². The zero-order valence-electron chi connectivity index (χ0n) is 17.7. The number of nitriles is 1. The molecule has 1 heterocycles. The minimum atomic E-state index is -0.733. The van der Waals surface area contributed by atoms with Crippen LogP contribution in [0.3, 0.4) is 0 Å². The largest absolute Gasteiger partial charge is 0.497 e. The van der Waals surface area contributed by atoms with Crippen molar-refractivity contribution in [1.82, 2.24) is 0 Å². The van der Waals surface area contributed by atoms with Gasteiger partial charge in [-0.3, -0.25) is 0 Å². The first kappa shape index (κ1) is 21.8. The van der Waals surface area contributed by atoms with Crippen LogP contribution in [0.5, 0.6) is 5.75 Å². The molecule has 5 nitrogen and oxygen atoms in total. The fraction of sp³-hybridized carbons (Fsp3) is 0.269. The Morgan fingerprint density at radius 3 is 2.28 bits per heavy atom. The van der Waals surface area contributed by atoms with Crippen molar-refractivity contribution in [1.29, 1.82) is 5.26 Å². The molecule has 32 heavy (non-hydrogen) atoms. The van der Waals surface area contributed by atoms with Crippen LogP contribution in [0.2, 0.25) is 0 Å². The van der Waals surface area contributed by atoms with Gasteiger partial charge in [-0.25, -0.2) is 4.39 Å². The van der Waals surface area contributed by atoms with Gasteiger partial charge in [0.05, 0.1) is 30.9 Å². The van der Waals surface area contributed by atoms with E-state index in [1.807, 2.05) is 41.3 Å². The van der Waals surface area contributed by atoms with Crippen molar-refractivity contribution in [3.8, 4) is 11.8 Å². The highest BCUT2D eigenvalue weighted by Crippen LogP contribution is 2.49. The lowest BCUT2D eigenvalue weighted by Crippen LogP contribution is -2.58. The second-order valence-corrected chi connectivity index (χ2v) is 8.01. The van der Waals surface area contributed by atoms with Crippen molar-refractivity contribution in [2.45, 2.75) is 31.2 Å². The number of aliphatic hydroxyl groups excluding tert-OH is 2. The smallest absolute Gasteiger partial charge is 0.132 e. The SMILES string of the molecule is COc1ccc(C2C(CCC(O)c3ccc(F)cc3)C(O)N2c2ccc(C#N)cc2)cc1. The molecule has 0 spiro atoms. The van der Waals surface area contributed by atoms with Crippen LogP contribution in [0.1, 0.15) is 41.7 Å². The van der Waals surface area contributed by atoms with Crippen molar-refractivity contribution >= 4 is 5.69 Å². The number of aliphatic hydroxyl groups is 2. The second kappa shape index (κ2) is 9.39. The first-order valence-electron chi connectivity index (χ1n) is 10.6. The number of benzene rings is 3. The van der Waals surface area contributed by atoms with Crippen LogP contribution in [0, 0.1) is 23.1 Å². The number of hydrogen-bond acceptors (Lipinski definition) is 5. The molecular formula is C26H25FN2O3. The lowest BCUT2D eigenvalue weighted by atomic mass is 9.77. The van der Waals surface area contributed by atoms with Gasteiger partial charge in [-0.1, -0.05) is 24.3 Å². The minimum absolute atomic E-state index is 0.0933. The molecule has 6 heteroatoms. The minimum Gasteiger partial charge on any atom is -0.497 e. The van der Waals surface area contributed by atoms with Crippen molar-refractivity contribution < 1.29 is 19.3 Å². The van der Waals surface area contributed by atoms with E-state index >= 15 is 0 Å². The van der Waals surface area contributed by atoms with E-state index in [1.54, 1.807) is 31.4 Å². The normalized spacial score (nSPS) is 20.8. The summed E-state index contributed by atoms with van der Waals surface area (Å²) in [6.45, 7) is 0. The van der Waals surface area contributed by atoms with Crippen LogP contribution in [0.15, 0.2) is 72.8 Å². The van der Waals surface area contributed by atoms with Crippen molar-refractivity contribution in [3.63, 3.8) is 0 Å². The summed E-state index contributed by atoms with van der Waals surface area (Å²) in [5.74, 6) is 0.309. The van der Waals surface area contributed by atoms with E-state index in [0.717, 1.165) is 17.0 Å². The number of halogens is 1. The van der Waals surface area contributed by atoms with Crippen molar-refractivity contribution in [2.24, 2.45) is 5.92 Å². The molecule has 0 saturated carbocycles. The third kappa shape index (κ3) is 4.31. The molecule has 0 radical (unpaired) electrons. The van der Waals surface area contributed by atoms with Gasteiger partial charge in [-0.15, -0.1) is 0 Å². The molecule has 2 N–H and O–H groups in total. The van der Waals surface area contributed by atoms with Gasteiger partial charge in [-0.05, 0) is 72.5 Å². The Morgan fingerprint density at radius 1 is 1.03 bits per heavy atom. The molecule has 3 aromatic rings. The number of ether oxygens (including phenoxy) is 1. The summed E-state index contributed by atoms with van der Waals surface area (Å²) >= 11 is 0. The summed E-state index contributed by atoms with van der Waals surface area (Å²) in [6, 6.07) is 22.7. The Kier molecular flexibility index (Phi) is 6.40. The molecular weight excluding hydrogens is 407 g/mol. The second-order valence-electron chi connectivity index (χ2n) is 8.01. The Labute approximate surface area is 186 Å². The molecule has 0 amide bonds. The molecule has 1 fully saturated rings. The summed E-state index contributed by atoms with van der Waals surface area (Å²) < 4.78 is 18.4. The zero-order valence-corrected chi connectivity index (χ0v) is 17.7. The third-order valence-corrected chi connectivity index (χ3v) is 6.15. The van der Waals surface area contributed by atoms with E-state index in [9.17, 15) is 14.6 Å². The van der Waals surface area contributed by atoms with E-state index < -0.39 is 12.3 Å². The molecule has 3 aromatic carbocycles. The first-order chi connectivity index (χ1) is 15.5. The topological polar surface area (TPSA) is 76.7 Å². The molecule has 0 aliphatic carbocycles. The van der Waals surface area contributed by atoms with Gasteiger partial charge < -0.3 is 19.8 Å². The summed E-state index contributed by atoms with van der Waals surface area (Å²) in [5.41, 5.74) is 3.07. The number of anilines is 1. The van der Waals surface area contributed by atoms with E-state index in [-0.39, 0.29) is 17.8 Å². The fourth-order valence-electron chi connectivity index (χ4n) is 4.38. The van der Waals surface area contributed by atoms with Crippen LogP contribution in [-0.2, 0) is 0 Å². The monoisotopic (exact) mass is 432 g/mol. The van der Waals surface area contributed by atoms with Crippen LogP contribution in [0.25, 0.3) is 0 Å². The predicted molar refractivity (Wildman–Crippen MR) is 119 cm³/mol. The van der Waals surface area contributed by atoms with Gasteiger partial charge in [-0.2, -0.15) is 5.26 Å². The van der Waals surface area contributed by atoms with E-state index in [1.165, 1.54) is 12.1 Å². The van der Waals surface area contributed by atoms with Crippen LogP contribution in [0.4, 0.5) is 10.1 Å². The van der Waals surface area contributed by atoms with E-state index in [4.69, 9.17) is 10.00 Å². The van der Waals surface area contributed by atoms with Crippen LogP contribution in [-0.4, -0.2) is 23.6 Å². The maximum absolute atomic E-state index is 13.2. The van der Waals surface area contributed by atoms with Gasteiger partial charge in [0.1, 0.15) is 17.8 Å². The van der Waals surface area contributed by atoms with E-state index in [2.05, 4.69) is 6.07 Å². The quantitative estimate of drug-likeness (QED) is 0.565. The number of methoxy groups -OCH3 is 1. The Balaban J connectivity index is 1.55. The van der Waals surface area contributed by atoms with Gasteiger partial charge in [0, 0.05) is 11.6 Å². The number of rotatable bonds is 7. The summed E-state index contributed by atoms with van der Waals surface area (Å²) in [6.07, 6.45) is -0.427. The molecule has 4 rings (SSSR count). The molecule has 164 valence electrons. The van der Waals surface area contributed by atoms with Crippen molar-refractivity contribution in [3.05, 3.63) is 95.3 Å². The van der Waals surface area contributed by atoms with E-state index in [0.29, 0.717) is 24.0 Å². The first-order valence-corrected chi connectivity index (χ1v) is 10.6. The lowest BCUT2D eigenvalue weighted by molar-refractivity contribution is -0.00679. The predicted octanol–water partition coefficient (Wildman–Crippen LogP) is 4.72. The maximum atomic E-state index is 13.2. The summed E-state index contributed by atoms with van der Waals surface area (Å²) in [7, 11) is 1.62. The summed E-state index contributed by atoms with van der Waals surface area (Å²) in [4.78, 5) is 1.93. The molecule has 1 aliphatic rings. The van der Waals surface area contributed by atoms with Gasteiger partial charge in [0.15, 0.2) is 0 Å². The molecule has 0 aromatic heterocycles. The Morgan fingerprint density at radius 2 is 1.69 bits per heavy atom. The summed E-state index contributed by atoms with van der Waals surface area (Å²) in [5, 5.41) is 30.6. The number of nitrogens with zero attached hydrogens (tertiary/aromatic N) is 2. The van der Waals surface area contributed by atoms with Crippen molar-refractivity contribution in [2.75, 3.05) is 12.0 Å². The lowest BCUT2D eigenvalue weighted by Gasteiger charge is -2.54. The van der Waals surface area contributed by atoms with Crippen LogP contribution < -0.4 is 9.64 Å². The fourth-order valence-corrected chi connectivity index (χ4v) is 4.38. The molecule has 1 saturated heterocycles. The molecule has 0 bridgehead atoms. The Bertz CT molecular complexity index is 1080. The number of hydrogen-bond donors (Lipinski definition) is 2. The highest BCUT2D eigenvalue weighted by molar-refractivity contribution is 5.55. The molecule has 1 aliphatic heterocycles. The molecule has 4 unspecified atom stereocenters. The molecule has 4 atom stereocenters. The third-order valence-electron chi connectivity index (χ3n) is 6.15.